The summed E-state index contributed by atoms with van der Waals surface area (Å²) < 4.78 is 2.07. The van der Waals surface area contributed by atoms with Gasteiger partial charge in [-0.1, -0.05) is 12.8 Å². The smallest absolute Gasteiger partial charge is 0.229 e. The summed E-state index contributed by atoms with van der Waals surface area (Å²) in [5.74, 6) is 0.409. The standard InChI is InChI=1S/C18H24N4O2/c1-12-7-8-14-16(19-12)22(13-5-4-6-13)17(20-14)21-15(23)11-18(24)9-2-3-10-18/h7-8,13,24H,2-6,9-11H2,1H3,(H,20,21,23). The van der Waals surface area contributed by atoms with Gasteiger partial charge in [0.1, 0.15) is 5.52 Å². The van der Waals surface area contributed by atoms with E-state index in [2.05, 4.69) is 19.9 Å². The summed E-state index contributed by atoms with van der Waals surface area (Å²) in [6.45, 7) is 1.96. The molecule has 0 unspecified atom stereocenters. The second-order valence-electron chi connectivity index (χ2n) is 7.34. The van der Waals surface area contributed by atoms with Crippen molar-refractivity contribution < 1.29 is 9.90 Å². The lowest BCUT2D eigenvalue weighted by Gasteiger charge is -2.29. The molecule has 2 heterocycles. The SMILES string of the molecule is Cc1ccc2nc(NC(=O)CC3(O)CCCC3)n(C3CCC3)c2n1. The summed E-state index contributed by atoms with van der Waals surface area (Å²) in [4.78, 5) is 21.7. The zero-order valence-electron chi connectivity index (χ0n) is 14.1. The van der Waals surface area contributed by atoms with Crippen molar-refractivity contribution in [3.63, 3.8) is 0 Å². The van der Waals surface area contributed by atoms with E-state index in [1.54, 1.807) is 0 Å². The molecule has 0 aliphatic heterocycles. The topological polar surface area (TPSA) is 80.0 Å². The number of nitrogens with one attached hydrogen (secondary N) is 1. The first-order valence-corrected chi connectivity index (χ1v) is 8.92. The van der Waals surface area contributed by atoms with Gasteiger partial charge in [-0.3, -0.25) is 14.7 Å². The van der Waals surface area contributed by atoms with E-state index in [0.717, 1.165) is 42.5 Å². The molecule has 2 fully saturated rings. The van der Waals surface area contributed by atoms with E-state index in [0.29, 0.717) is 24.8 Å². The number of pyridine rings is 1. The molecular weight excluding hydrogens is 304 g/mol. The molecule has 2 aliphatic carbocycles. The predicted molar refractivity (Wildman–Crippen MR) is 91.8 cm³/mol. The van der Waals surface area contributed by atoms with Crippen molar-refractivity contribution in [3.05, 3.63) is 17.8 Å². The second kappa shape index (κ2) is 5.84. The van der Waals surface area contributed by atoms with Crippen molar-refractivity contribution >= 4 is 23.0 Å². The first kappa shape index (κ1) is 15.6. The van der Waals surface area contributed by atoms with Crippen LogP contribution in [0, 0.1) is 6.92 Å². The van der Waals surface area contributed by atoms with E-state index < -0.39 is 5.60 Å². The molecule has 2 aliphatic rings. The van der Waals surface area contributed by atoms with E-state index in [9.17, 15) is 9.90 Å². The molecule has 0 aromatic carbocycles. The molecular formula is C18H24N4O2. The Morgan fingerprint density at radius 3 is 2.71 bits per heavy atom. The molecule has 1 amide bonds. The highest BCUT2D eigenvalue weighted by molar-refractivity contribution is 5.91. The van der Waals surface area contributed by atoms with Crippen LogP contribution in [0.1, 0.15) is 63.1 Å². The normalized spacial score (nSPS) is 20.2. The summed E-state index contributed by atoms with van der Waals surface area (Å²) in [5, 5.41) is 13.4. The highest BCUT2D eigenvalue weighted by Crippen LogP contribution is 2.37. The van der Waals surface area contributed by atoms with Crippen LogP contribution in [0.25, 0.3) is 11.2 Å². The molecule has 0 spiro atoms. The quantitative estimate of drug-likeness (QED) is 0.904. The molecule has 2 aromatic heterocycles. The number of carbonyl (C=O) groups excluding carboxylic acids is 1. The Kier molecular flexibility index (Phi) is 3.79. The highest BCUT2D eigenvalue weighted by atomic mass is 16.3. The van der Waals surface area contributed by atoms with Gasteiger partial charge in [0.15, 0.2) is 5.65 Å². The van der Waals surface area contributed by atoms with Crippen molar-refractivity contribution in [2.75, 3.05) is 5.32 Å². The fourth-order valence-corrected chi connectivity index (χ4v) is 3.83. The summed E-state index contributed by atoms with van der Waals surface area (Å²) >= 11 is 0. The molecule has 24 heavy (non-hydrogen) atoms. The number of hydrogen-bond donors (Lipinski definition) is 2. The van der Waals surface area contributed by atoms with E-state index in [1.807, 2.05) is 19.1 Å². The van der Waals surface area contributed by atoms with Crippen molar-refractivity contribution in [2.45, 2.75) is 69.9 Å². The van der Waals surface area contributed by atoms with Crippen LogP contribution in [0.3, 0.4) is 0 Å². The maximum Gasteiger partial charge on any atom is 0.229 e. The molecule has 4 rings (SSSR count). The van der Waals surface area contributed by atoms with Gasteiger partial charge in [0, 0.05) is 11.7 Å². The number of hydrogen-bond acceptors (Lipinski definition) is 4. The van der Waals surface area contributed by atoms with Gasteiger partial charge in [-0.2, -0.15) is 0 Å². The minimum atomic E-state index is -0.841. The Balaban J connectivity index is 1.62. The monoisotopic (exact) mass is 328 g/mol. The zero-order chi connectivity index (χ0) is 16.7. The molecule has 2 saturated carbocycles. The summed E-state index contributed by atoms with van der Waals surface area (Å²) in [5.41, 5.74) is 1.75. The van der Waals surface area contributed by atoms with Gasteiger partial charge in [-0.15, -0.1) is 0 Å². The molecule has 6 heteroatoms. The molecule has 6 nitrogen and oxygen atoms in total. The maximum absolute atomic E-state index is 12.5. The van der Waals surface area contributed by atoms with Gasteiger partial charge in [0.05, 0.1) is 12.0 Å². The lowest BCUT2D eigenvalue weighted by atomic mass is 9.93. The van der Waals surface area contributed by atoms with Gasteiger partial charge < -0.3 is 5.11 Å². The summed E-state index contributed by atoms with van der Waals surface area (Å²) in [6.07, 6.45) is 6.93. The van der Waals surface area contributed by atoms with Crippen LogP contribution < -0.4 is 5.32 Å². The third-order valence-electron chi connectivity index (χ3n) is 5.39. The fraction of sp³-hybridized carbons (Fsp3) is 0.611. The van der Waals surface area contributed by atoms with Crippen LogP contribution in [0.15, 0.2) is 12.1 Å². The first-order chi connectivity index (χ1) is 11.5. The van der Waals surface area contributed by atoms with Crippen LogP contribution in [0.5, 0.6) is 0 Å². The molecule has 0 radical (unpaired) electrons. The largest absolute Gasteiger partial charge is 0.389 e. The number of nitrogens with zero attached hydrogens (tertiary/aromatic N) is 3. The summed E-state index contributed by atoms with van der Waals surface area (Å²) in [7, 11) is 0. The van der Waals surface area contributed by atoms with E-state index in [1.165, 1.54) is 6.42 Å². The lowest BCUT2D eigenvalue weighted by Crippen LogP contribution is -2.31. The Hall–Kier alpha value is -1.95. The van der Waals surface area contributed by atoms with Crippen molar-refractivity contribution in [1.82, 2.24) is 14.5 Å². The molecule has 0 bridgehead atoms. The lowest BCUT2D eigenvalue weighted by molar-refractivity contribution is -0.120. The average Bonchev–Trinajstić information content (AvgIpc) is 3.02. The third-order valence-corrected chi connectivity index (χ3v) is 5.39. The van der Waals surface area contributed by atoms with E-state index >= 15 is 0 Å². The molecule has 128 valence electrons. The van der Waals surface area contributed by atoms with Gasteiger partial charge in [-0.05, 0) is 51.2 Å². The highest BCUT2D eigenvalue weighted by Gasteiger charge is 2.34. The van der Waals surface area contributed by atoms with Gasteiger partial charge >= 0.3 is 0 Å². The zero-order valence-corrected chi connectivity index (χ0v) is 14.1. The fourth-order valence-electron chi connectivity index (χ4n) is 3.83. The number of aliphatic hydroxyl groups is 1. The number of amides is 1. The maximum atomic E-state index is 12.5. The number of aryl methyl sites for hydroxylation is 1. The van der Waals surface area contributed by atoms with E-state index in [4.69, 9.17) is 0 Å². The Morgan fingerprint density at radius 1 is 1.29 bits per heavy atom. The molecule has 2 N–H and O–H groups in total. The number of anilines is 1. The van der Waals surface area contributed by atoms with Crippen molar-refractivity contribution in [1.29, 1.82) is 0 Å². The van der Waals surface area contributed by atoms with Crippen LogP contribution in [0.2, 0.25) is 0 Å². The molecule has 2 aromatic rings. The average molecular weight is 328 g/mol. The van der Waals surface area contributed by atoms with Crippen LogP contribution in [-0.4, -0.2) is 31.1 Å². The number of aromatic nitrogens is 3. The van der Waals surface area contributed by atoms with Crippen LogP contribution in [-0.2, 0) is 4.79 Å². The first-order valence-electron chi connectivity index (χ1n) is 8.92. The molecule has 0 atom stereocenters. The van der Waals surface area contributed by atoms with Crippen molar-refractivity contribution in [2.24, 2.45) is 0 Å². The third kappa shape index (κ3) is 2.79. The van der Waals surface area contributed by atoms with Gasteiger partial charge in [-0.25, -0.2) is 9.97 Å². The van der Waals surface area contributed by atoms with Crippen molar-refractivity contribution in [3.8, 4) is 0 Å². The minimum absolute atomic E-state index is 0.146. The molecule has 0 saturated heterocycles. The minimum Gasteiger partial charge on any atom is -0.389 e. The number of imidazole rings is 1. The Bertz CT molecular complexity index is 773. The van der Waals surface area contributed by atoms with Gasteiger partial charge in [0.2, 0.25) is 11.9 Å². The second-order valence-corrected chi connectivity index (χ2v) is 7.34. The Morgan fingerprint density at radius 2 is 2.04 bits per heavy atom. The summed E-state index contributed by atoms with van der Waals surface area (Å²) in [6, 6.07) is 4.24. The predicted octanol–water partition coefficient (Wildman–Crippen LogP) is 3.10. The van der Waals surface area contributed by atoms with Gasteiger partial charge in [0.25, 0.3) is 0 Å². The number of rotatable bonds is 4. The Labute approximate surface area is 141 Å². The number of carbonyl (C=O) groups is 1. The van der Waals surface area contributed by atoms with E-state index in [-0.39, 0.29) is 12.3 Å². The van der Waals surface area contributed by atoms with Crippen LogP contribution >= 0.6 is 0 Å². The number of fused-ring (bicyclic) bond motifs is 1. The van der Waals surface area contributed by atoms with Crippen LogP contribution in [0.4, 0.5) is 5.95 Å².